The maximum atomic E-state index is 13.0. The fraction of sp³-hybridized carbons (Fsp3) is 0.182. The quantitative estimate of drug-likeness (QED) is 0.644. The van der Waals surface area contributed by atoms with Crippen LogP contribution in [0.25, 0.3) is 0 Å². The van der Waals surface area contributed by atoms with E-state index in [1.807, 2.05) is 0 Å². The Hall–Kier alpha value is -1.54. The largest absolute Gasteiger partial charge is 0.396 e. The van der Waals surface area contributed by atoms with Crippen LogP contribution in [-0.2, 0) is 0 Å². The molecular formula is C11H10BrFN2O. The Morgan fingerprint density at radius 3 is 2.94 bits per heavy atom. The van der Waals surface area contributed by atoms with Crippen molar-refractivity contribution in [3.8, 4) is 11.8 Å². The van der Waals surface area contributed by atoms with E-state index in [1.165, 1.54) is 6.07 Å². The molecule has 3 nitrogen and oxygen atoms in total. The molecule has 0 aliphatic carbocycles. The summed E-state index contributed by atoms with van der Waals surface area (Å²) in [6.45, 7) is 1.93. The number of hydrogen-bond acceptors (Lipinski definition) is 2. The van der Waals surface area contributed by atoms with Crippen LogP contribution in [0.4, 0.5) is 10.1 Å². The molecule has 1 rings (SSSR count). The summed E-state index contributed by atoms with van der Waals surface area (Å²) in [5, 5.41) is 2.57. The lowest BCUT2D eigenvalue weighted by Gasteiger charge is -2.06. The van der Waals surface area contributed by atoms with Crippen molar-refractivity contribution in [3.05, 3.63) is 28.0 Å². The number of nitrogen functional groups attached to an aromatic ring is 1. The number of amides is 1. The van der Waals surface area contributed by atoms with Crippen molar-refractivity contribution in [1.29, 1.82) is 0 Å². The maximum Gasteiger partial charge on any atom is 0.253 e. The lowest BCUT2D eigenvalue weighted by Crippen LogP contribution is -2.24. The van der Waals surface area contributed by atoms with Gasteiger partial charge >= 0.3 is 0 Å². The van der Waals surface area contributed by atoms with Gasteiger partial charge in [0.25, 0.3) is 5.91 Å². The zero-order valence-electron chi connectivity index (χ0n) is 8.60. The van der Waals surface area contributed by atoms with Gasteiger partial charge in [0, 0.05) is 4.47 Å². The van der Waals surface area contributed by atoms with Crippen LogP contribution in [0.15, 0.2) is 16.6 Å². The molecule has 3 N–H and O–H groups in total. The van der Waals surface area contributed by atoms with E-state index in [9.17, 15) is 9.18 Å². The van der Waals surface area contributed by atoms with Gasteiger partial charge in [-0.15, -0.1) is 5.92 Å². The minimum absolute atomic E-state index is 0.0603. The summed E-state index contributed by atoms with van der Waals surface area (Å²) in [5.74, 6) is 4.44. The summed E-state index contributed by atoms with van der Waals surface area (Å²) >= 11 is 3.10. The summed E-state index contributed by atoms with van der Waals surface area (Å²) in [5.41, 5.74) is 5.61. The van der Waals surface area contributed by atoms with Crippen LogP contribution in [0, 0.1) is 17.7 Å². The van der Waals surface area contributed by atoms with Crippen LogP contribution in [0.5, 0.6) is 0 Å². The predicted octanol–water partition coefficient (Wildman–Crippen LogP) is 1.92. The zero-order chi connectivity index (χ0) is 12.1. The normalized spacial score (nSPS) is 9.19. The number of halogens is 2. The van der Waals surface area contributed by atoms with Crippen molar-refractivity contribution in [2.75, 3.05) is 12.3 Å². The van der Waals surface area contributed by atoms with Crippen molar-refractivity contribution < 1.29 is 9.18 Å². The lowest BCUT2D eigenvalue weighted by molar-refractivity contribution is 0.0958. The Morgan fingerprint density at radius 1 is 1.62 bits per heavy atom. The van der Waals surface area contributed by atoms with E-state index in [-0.39, 0.29) is 23.7 Å². The molecule has 0 bridgehead atoms. The third-order valence-corrected chi connectivity index (χ3v) is 2.50. The first-order chi connectivity index (χ1) is 7.56. The van der Waals surface area contributed by atoms with E-state index in [0.29, 0.717) is 4.47 Å². The van der Waals surface area contributed by atoms with Gasteiger partial charge in [-0.3, -0.25) is 4.79 Å². The molecular weight excluding hydrogens is 275 g/mol. The summed E-state index contributed by atoms with van der Waals surface area (Å²) in [6.07, 6.45) is 0. The first kappa shape index (κ1) is 12.5. The minimum atomic E-state index is -0.559. The average Bonchev–Trinajstić information content (AvgIpc) is 2.23. The van der Waals surface area contributed by atoms with Crippen molar-refractivity contribution in [2.24, 2.45) is 0 Å². The number of hydrogen-bond donors (Lipinski definition) is 2. The lowest BCUT2D eigenvalue weighted by atomic mass is 10.2. The number of nitrogens with one attached hydrogen (secondary N) is 1. The highest BCUT2D eigenvalue weighted by Gasteiger charge is 2.12. The van der Waals surface area contributed by atoms with Crippen LogP contribution in [0.2, 0.25) is 0 Å². The molecule has 0 fully saturated rings. The summed E-state index contributed by atoms with van der Waals surface area (Å²) in [6, 6.07) is 2.45. The molecule has 1 aromatic carbocycles. The van der Waals surface area contributed by atoms with E-state index in [1.54, 1.807) is 6.92 Å². The molecule has 0 spiro atoms. The number of nitrogens with two attached hydrogens (primary N) is 1. The van der Waals surface area contributed by atoms with Gasteiger partial charge in [0.2, 0.25) is 0 Å². The molecule has 0 saturated heterocycles. The fourth-order valence-corrected chi connectivity index (χ4v) is 1.54. The molecule has 0 unspecified atom stereocenters. The van der Waals surface area contributed by atoms with Crippen LogP contribution >= 0.6 is 15.9 Å². The van der Waals surface area contributed by atoms with Crippen LogP contribution < -0.4 is 11.1 Å². The highest BCUT2D eigenvalue weighted by atomic mass is 79.9. The minimum Gasteiger partial charge on any atom is -0.396 e. The van der Waals surface area contributed by atoms with E-state index < -0.39 is 5.82 Å². The first-order valence-corrected chi connectivity index (χ1v) is 5.28. The summed E-state index contributed by atoms with van der Waals surface area (Å²) in [4.78, 5) is 11.6. The highest BCUT2D eigenvalue weighted by Crippen LogP contribution is 2.22. The monoisotopic (exact) mass is 284 g/mol. The van der Waals surface area contributed by atoms with Gasteiger partial charge < -0.3 is 11.1 Å². The molecule has 1 aromatic rings. The third kappa shape index (κ3) is 2.97. The van der Waals surface area contributed by atoms with Gasteiger partial charge in [0.05, 0.1) is 17.8 Å². The van der Waals surface area contributed by atoms with Gasteiger partial charge in [0.15, 0.2) is 0 Å². The van der Waals surface area contributed by atoms with Crippen LogP contribution in [0.1, 0.15) is 17.3 Å². The highest BCUT2D eigenvalue weighted by molar-refractivity contribution is 9.10. The van der Waals surface area contributed by atoms with Crippen molar-refractivity contribution in [2.45, 2.75) is 6.92 Å². The van der Waals surface area contributed by atoms with Gasteiger partial charge in [-0.1, -0.05) is 5.92 Å². The number of carbonyl (C=O) groups excluding carboxylic acids is 1. The molecule has 0 aliphatic heterocycles. The molecule has 5 heteroatoms. The van der Waals surface area contributed by atoms with Crippen LogP contribution in [0.3, 0.4) is 0 Å². The van der Waals surface area contributed by atoms with Crippen molar-refractivity contribution in [3.63, 3.8) is 0 Å². The second kappa shape index (κ2) is 5.52. The molecule has 0 saturated carbocycles. The second-order valence-corrected chi connectivity index (χ2v) is 3.82. The SMILES string of the molecule is CC#CCNC(=O)c1cc(N)c(F)cc1Br. The Labute approximate surface area is 101 Å². The Balaban J connectivity index is 2.90. The third-order valence-electron chi connectivity index (χ3n) is 1.85. The van der Waals surface area contributed by atoms with E-state index in [2.05, 4.69) is 33.1 Å². The van der Waals surface area contributed by atoms with Crippen molar-refractivity contribution in [1.82, 2.24) is 5.32 Å². The smallest absolute Gasteiger partial charge is 0.253 e. The second-order valence-electron chi connectivity index (χ2n) is 2.96. The average molecular weight is 285 g/mol. The molecule has 16 heavy (non-hydrogen) atoms. The van der Waals surface area contributed by atoms with Crippen LogP contribution in [-0.4, -0.2) is 12.5 Å². The van der Waals surface area contributed by atoms with Gasteiger partial charge in [-0.2, -0.15) is 0 Å². The standard InChI is InChI=1S/C11H10BrFN2O/c1-2-3-4-15-11(16)7-5-10(14)9(13)6-8(7)12/h5-6H,4,14H2,1H3,(H,15,16). The van der Waals surface area contributed by atoms with Gasteiger partial charge in [-0.05, 0) is 35.0 Å². The first-order valence-electron chi connectivity index (χ1n) is 4.48. The molecule has 0 atom stereocenters. The van der Waals surface area contributed by atoms with Gasteiger partial charge in [0.1, 0.15) is 5.82 Å². The zero-order valence-corrected chi connectivity index (χ0v) is 10.2. The number of anilines is 1. The fourth-order valence-electron chi connectivity index (χ4n) is 1.05. The van der Waals surface area contributed by atoms with E-state index >= 15 is 0 Å². The maximum absolute atomic E-state index is 13.0. The number of rotatable bonds is 2. The van der Waals surface area contributed by atoms with Gasteiger partial charge in [-0.25, -0.2) is 4.39 Å². The summed E-state index contributed by atoms with van der Waals surface area (Å²) in [7, 11) is 0. The molecule has 1 amide bonds. The topological polar surface area (TPSA) is 55.1 Å². The molecule has 0 aliphatic rings. The van der Waals surface area contributed by atoms with Crippen molar-refractivity contribution >= 4 is 27.5 Å². The van der Waals surface area contributed by atoms with E-state index in [4.69, 9.17) is 5.73 Å². The summed E-state index contributed by atoms with van der Waals surface area (Å²) < 4.78 is 13.4. The Morgan fingerprint density at radius 2 is 2.31 bits per heavy atom. The Bertz CT molecular complexity index is 477. The molecule has 0 aromatic heterocycles. The molecule has 84 valence electrons. The number of carbonyl (C=O) groups is 1. The number of benzene rings is 1. The Kier molecular flexibility index (Phi) is 4.32. The van der Waals surface area contributed by atoms with E-state index in [0.717, 1.165) is 6.07 Å². The predicted molar refractivity (Wildman–Crippen MR) is 64.3 cm³/mol. The molecule has 0 radical (unpaired) electrons. The molecule has 0 heterocycles.